The number of benzene rings is 1. The highest BCUT2D eigenvalue weighted by atomic mass is 16.2. The van der Waals surface area contributed by atoms with E-state index in [-0.39, 0.29) is 5.91 Å². The fourth-order valence-electron chi connectivity index (χ4n) is 3.06. The molecule has 1 fully saturated rings. The Morgan fingerprint density at radius 3 is 2.35 bits per heavy atom. The Labute approximate surface area is 139 Å². The molecule has 1 aromatic carbocycles. The van der Waals surface area contributed by atoms with Crippen LogP contribution in [0.2, 0.25) is 0 Å². The number of amides is 1. The molecule has 124 valence electrons. The summed E-state index contributed by atoms with van der Waals surface area (Å²) in [5.41, 5.74) is 2.80. The summed E-state index contributed by atoms with van der Waals surface area (Å²) < 4.78 is 0. The average Bonchev–Trinajstić information content (AvgIpc) is 2.55. The Balaban J connectivity index is 1.74. The van der Waals surface area contributed by atoms with Crippen LogP contribution >= 0.6 is 0 Å². The van der Waals surface area contributed by atoms with Crippen LogP contribution in [0, 0.1) is 12.3 Å². The first kappa shape index (κ1) is 17.5. The Kier molecular flexibility index (Phi) is 6.64. The van der Waals surface area contributed by atoms with Gasteiger partial charge in [-0.15, -0.1) is 6.42 Å². The molecule has 4 heteroatoms. The number of hydrogen-bond donors (Lipinski definition) is 3. The predicted octanol–water partition coefficient (Wildman–Crippen LogP) is -1.16. The zero-order chi connectivity index (χ0) is 16.7. The van der Waals surface area contributed by atoms with Gasteiger partial charge in [0.1, 0.15) is 32.7 Å². The molecule has 1 aliphatic rings. The Morgan fingerprint density at radius 2 is 1.78 bits per heavy atom. The quantitative estimate of drug-likeness (QED) is 0.570. The molecule has 1 amide bonds. The molecule has 1 aliphatic heterocycles. The molecule has 0 bridgehead atoms. The van der Waals surface area contributed by atoms with Crippen molar-refractivity contribution in [3.63, 3.8) is 0 Å². The van der Waals surface area contributed by atoms with Gasteiger partial charge in [-0.25, -0.2) is 0 Å². The summed E-state index contributed by atoms with van der Waals surface area (Å²) in [7, 11) is 0. The number of terminal acetylenes is 1. The molecular weight excluding hydrogens is 286 g/mol. The molecule has 1 aromatic rings. The van der Waals surface area contributed by atoms with Crippen molar-refractivity contribution >= 4 is 5.91 Å². The van der Waals surface area contributed by atoms with E-state index in [1.807, 2.05) is 0 Å². The van der Waals surface area contributed by atoms with Crippen molar-refractivity contribution in [1.82, 2.24) is 5.32 Å². The molecule has 0 radical (unpaired) electrons. The summed E-state index contributed by atoms with van der Waals surface area (Å²) >= 11 is 0. The molecule has 0 aliphatic carbocycles. The van der Waals surface area contributed by atoms with E-state index in [1.165, 1.54) is 16.0 Å². The van der Waals surface area contributed by atoms with Crippen LogP contribution in [0.1, 0.15) is 30.9 Å². The van der Waals surface area contributed by atoms with Gasteiger partial charge in [0.15, 0.2) is 6.54 Å². The van der Waals surface area contributed by atoms with E-state index >= 15 is 0 Å². The van der Waals surface area contributed by atoms with Crippen molar-refractivity contribution in [1.29, 1.82) is 0 Å². The SMILES string of the molecule is C#CCNC(=O)C[NH+]1CC[NH+](Cc2ccc(C(C)C)cc2)CC1. The Morgan fingerprint density at radius 1 is 1.17 bits per heavy atom. The van der Waals surface area contributed by atoms with E-state index in [1.54, 1.807) is 4.90 Å². The minimum Gasteiger partial charge on any atom is -0.340 e. The summed E-state index contributed by atoms with van der Waals surface area (Å²) in [4.78, 5) is 14.7. The second-order valence-electron chi connectivity index (χ2n) is 6.73. The number of carbonyl (C=O) groups excluding carboxylic acids is 1. The van der Waals surface area contributed by atoms with Gasteiger partial charge in [-0.05, 0) is 11.5 Å². The van der Waals surface area contributed by atoms with E-state index in [4.69, 9.17) is 6.42 Å². The lowest BCUT2D eigenvalue weighted by Crippen LogP contribution is -3.28. The predicted molar refractivity (Wildman–Crippen MR) is 92.3 cm³/mol. The maximum atomic E-state index is 11.7. The van der Waals surface area contributed by atoms with E-state index < -0.39 is 0 Å². The van der Waals surface area contributed by atoms with E-state index in [2.05, 4.69) is 49.4 Å². The normalized spacial score (nSPS) is 21.0. The van der Waals surface area contributed by atoms with Gasteiger partial charge >= 0.3 is 0 Å². The van der Waals surface area contributed by atoms with Gasteiger partial charge in [-0.1, -0.05) is 44.0 Å². The number of quaternary nitrogens is 2. The fraction of sp³-hybridized carbons (Fsp3) is 0.526. The highest BCUT2D eigenvalue weighted by molar-refractivity contribution is 5.77. The van der Waals surface area contributed by atoms with Crippen LogP contribution in [0.4, 0.5) is 0 Å². The summed E-state index contributed by atoms with van der Waals surface area (Å²) in [5, 5.41) is 2.74. The standard InChI is InChI=1S/C19H27N3O/c1-4-9-20-19(23)15-22-12-10-21(11-13-22)14-17-5-7-18(8-6-17)16(2)3/h1,5-8,16H,9-15H2,2-3H3,(H,20,23)/p+2. The van der Waals surface area contributed by atoms with Crippen molar-refractivity contribution in [2.75, 3.05) is 39.3 Å². The molecule has 1 heterocycles. The molecule has 1 saturated heterocycles. The third-order valence-electron chi connectivity index (χ3n) is 4.56. The maximum Gasteiger partial charge on any atom is 0.275 e. The summed E-state index contributed by atoms with van der Waals surface area (Å²) in [6.45, 7) is 10.7. The lowest BCUT2D eigenvalue weighted by molar-refractivity contribution is -1.02. The van der Waals surface area contributed by atoms with Gasteiger partial charge in [0, 0.05) is 5.56 Å². The van der Waals surface area contributed by atoms with Crippen molar-refractivity contribution < 1.29 is 14.6 Å². The second kappa shape index (κ2) is 8.71. The third kappa shape index (κ3) is 5.70. The van der Waals surface area contributed by atoms with Crippen LogP contribution in [0.5, 0.6) is 0 Å². The summed E-state index contributed by atoms with van der Waals surface area (Å²) in [6, 6.07) is 9.01. The molecule has 23 heavy (non-hydrogen) atoms. The van der Waals surface area contributed by atoms with E-state index in [0.717, 1.165) is 32.7 Å². The molecule has 0 saturated carbocycles. The molecule has 4 nitrogen and oxygen atoms in total. The van der Waals surface area contributed by atoms with Gasteiger partial charge in [0.05, 0.1) is 6.54 Å². The molecular formula is C19H29N3O+2. The van der Waals surface area contributed by atoms with Gasteiger partial charge in [0.2, 0.25) is 0 Å². The van der Waals surface area contributed by atoms with Crippen LogP contribution in [0.3, 0.4) is 0 Å². The highest BCUT2D eigenvalue weighted by Gasteiger charge is 2.24. The molecule has 0 atom stereocenters. The number of piperazine rings is 1. The maximum absolute atomic E-state index is 11.7. The van der Waals surface area contributed by atoms with Crippen LogP contribution in [0.15, 0.2) is 24.3 Å². The topological polar surface area (TPSA) is 38.0 Å². The number of rotatable bonds is 6. The van der Waals surface area contributed by atoms with Crippen LogP contribution < -0.4 is 15.1 Å². The average molecular weight is 315 g/mol. The number of nitrogens with one attached hydrogen (secondary N) is 3. The molecule has 0 unspecified atom stereocenters. The van der Waals surface area contributed by atoms with Crippen molar-refractivity contribution in [3.8, 4) is 12.3 Å². The molecule has 3 N–H and O–H groups in total. The van der Waals surface area contributed by atoms with Crippen LogP contribution in [-0.4, -0.2) is 45.2 Å². The zero-order valence-electron chi connectivity index (χ0n) is 14.3. The van der Waals surface area contributed by atoms with Crippen molar-refractivity contribution in [3.05, 3.63) is 35.4 Å². The van der Waals surface area contributed by atoms with Crippen molar-refractivity contribution in [2.45, 2.75) is 26.3 Å². The molecule has 2 rings (SSSR count). The van der Waals surface area contributed by atoms with E-state index in [9.17, 15) is 4.79 Å². The number of hydrogen-bond acceptors (Lipinski definition) is 1. The fourth-order valence-corrected chi connectivity index (χ4v) is 3.06. The van der Waals surface area contributed by atoms with E-state index in [0.29, 0.717) is 19.0 Å². The first-order valence-electron chi connectivity index (χ1n) is 8.54. The van der Waals surface area contributed by atoms with Gasteiger partial charge in [0.25, 0.3) is 5.91 Å². The Hall–Kier alpha value is -1.83. The number of carbonyl (C=O) groups is 1. The van der Waals surface area contributed by atoms with Crippen LogP contribution in [-0.2, 0) is 11.3 Å². The summed E-state index contributed by atoms with van der Waals surface area (Å²) in [6.07, 6.45) is 5.15. The first-order chi connectivity index (χ1) is 11.1. The van der Waals surface area contributed by atoms with Gasteiger partial charge in [-0.2, -0.15) is 0 Å². The largest absolute Gasteiger partial charge is 0.340 e. The van der Waals surface area contributed by atoms with Crippen molar-refractivity contribution in [2.24, 2.45) is 0 Å². The minimum absolute atomic E-state index is 0.0608. The third-order valence-corrected chi connectivity index (χ3v) is 4.56. The summed E-state index contributed by atoms with van der Waals surface area (Å²) in [5.74, 6) is 3.08. The van der Waals surface area contributed by atoms with Crippen LogP contribution in [0.25, 0.3) is 0 Å². The minimum atomic E-state index is 0.0608. The highest BCUT2D eigenvalue weighted by Crippen LogP contribution is 2.14. The zero-order valence-corrected chi connectivity index (χ0v) is 14.3. The lowest BCUT2D eigenvalue weighted by atomic mass is 10.0. The first-order valence-corrected chi connectivity index (χ1v) is 8.54. The van der Waals surface area contributed by atoms with Gasteiger partial charge in [-0.3, -0.25) is 4.79 Å². The molecule has 0 spiro atoms. The molecule has 0 aromatic heterocycles. The lowest BCUT2D eigenvalue weighted by Gasteiger charge is -2.29. The van der Waals surface area contributed by atoms with Gasteiger partial charge < -0.3 is 15.1 Å². The second-order valence-corrected chi connectivity index (χ2v) is 6.73. The smallest absolute Gasteiger partial charge is 0.275 e. The Bertz CT molecular complexity index is 537. The monoisotopic (exact) mass is 315 g/mol.